The first-order chi connectivity index (χ1) is 12.7. The first-order valence-corrected chi connectivity index (χ1v) is 8.23. The maximum atomic E-state index is 11.4. The van der Waals surface area contributed by atoms with Crippen molar-refractivity contribution in [2.45, 2.75) is 26.5 Å². The molecule has 0 aliphatic rings. The highest BCUT2D eigenvalue weighted by molar-refractivity contribution is 5.83. The molecule has 0 atom stereocenters. The van der Waals surface area contributed by atoms with Gasteiger partial charge in [0.25, 0.3) is 0 Å². The maximum Gasteiger partial charge on any atom is 0.157 e. The molecular weight excluding hydrogens is 332 g/mol. The van der Waals surface area contributed by atoms with Gasteiger partial charge < -0.3 is 9.47 Å². The number of ether oxygens (including phenoxy) is 2. The molecule has 0 amide bonds. The Balaban J connectivity index is 1.91. The molecular formula is C19H20N4O3. The van der Waals surface area contributed by atoms with Gasteiger partial charge in [0.2, 0.25) is 0 Å². The predicted octanol–water partition coefficient (Wildman–Crippen LogP) is 3.32. The van der Waals surface area contributed by atoms with Crippen molar-refractivity contribution >= 4 is 6.29 Å². The molecule has 3 aromatic rings. The van der Waals surface area contributed by atoms with E-state index in [2.05, 4.69) is 28.9 Å². The molecule has 0 aromatic carbocycles. The Hall–Kier alpha value is -3.22. The summed E-state index contributed by atoms with van der Waals surface area (Å²) >= 11 is 0. The minimum absolute atomic E-state index is 0.208. The van der Waals surface area contributed by atoms with Gasteiger partial charge in [0.1, 0.15) is 12.2 Å². The second-order valence-corrected chi connectivity index (χ2v) is 5.93. The van der Waals surface area contributed by atoms with E-state index >= 15 is 0 Å². The third kappa shape index (κ3) is 3.42. The van der Waals surface area contributed by atoms with Gasteiger partial charge in [-0.15, -0.1) is 0 Å². The number of hydrogen-bond acceptors (Lipinski definition) is 6. The third-order valence-corrected chi connectivity index (χ3v) is 3.93. The summed E-state index contributed by atoms with van der Waals surface area (Å²) in [5, 5.41) is 4.36. The Morgan fingerprint density at radius 1 is 1.19 bits per heavy atom. The van der Waals surface area contributed by atoms with Crippen molar-refractivity contribution in [1.29, 1.82) is 0 Å². The van der Waals surface area contributed by atoms with E-state index in [0.717, 1.165) is 17.0 Å². The molecule has 0 saturated heterocycles. The Bertz CT molecular complexity index is 905. The quantitative estimate of drug-likeness (QED) is 0.607. The van der Waals surface area contributed by atoms with E-state index in [-0.39, 0.29) is 12.6 Å². The average Bonchev–Trinajstić information content (AvgIpc) is 3.16. The van der Waals surface area contributed by atoms with Crippen LogP contribution in [-0.2, 0) is 6.61 Å². The summed E-state index contributed by atoms with van der Waals surface area (Å²) in [6.45, 7) is 4.36. The number of carbonyl (C=O) groups is 1. The summed E-state index contributed by atoms with van der Waals surface area (Å²) in [4.78, 5) is 19.9. The first kappa shape index (κ1) is 17.6. The minimum atomic E-state index is 0.208. The van der Waals surface area contributed by atoms with E-state index < -0.39 is 0 Å². The topological polar surface area (TPSA) is 79.1 Å². The average molecular weight is 352 g/mol. The van der Waals surface area contributed by atoms with E-state index in [1.165, 1.54) is 19.5 Å². The van der Waals surface area contributed by atoms with Crippen molar-refractivity contribution in [3.05, 3.63) is 54.1 Å². The van der Waals surface area contributed by atoms with Crippen LogP contribution in [0.3, 0.4) is 0 Å². The molecule has 0 N–H and O–H groups in total. The van der Waals surface area contributed by atoms with Crippen molar-refractivity contribution in [1.82, 2.24) is 19.7 Å². The molecule has 3 rings (SSSR count). The maximum absolute atomic E-state index is 11.4. The molecule has 0 saturated carbocycles. The number of pyridine rings is 2. The van der Waals surface area contributed by atoms with Crippen LogP contribution in [0.15, 0.2) is 43.0 Å². The largest absolute Gasteiger partial charge is 0.494 e. The summed E-state index contributed by atoms with van der Waals surface area (Å²) in [6.07, 6.45) is 7.17. The van der Waals surface area contributed by atoms with Gasteiger partial charge in [-0.05, 0) is 26.0 Å². The standard InChI is InChI=1S/C19H20N4O3/c1-13(2)23-16(6-8-22-23)19-14(5-4-7-21-19)12-26-18-10-20-9-17(25-3)15(18)11-24/h4-11,13H,12H2,1-3H3. The minimum Gasteiger partial charge on any atom is -0.494 e. The Kier molecular flexibility index (Phi) is 5.26. The summed E-state index contributed by atoms with van der Waals surface area (Å²) in [5.41, 5.74) is 2.93. The normalized spacial score (nSPS) is 10.8. The van der Waals surface area contributed by atoms with Crippen molar-refractivity contribution in [2.75, 3.05) is 7.11 Å². The summed E-state index contributed by atoms with van der Waals surface area (Å²) in [7, 11) is 1.49. The van der Waals surface area contributed by atoms with Crippen LogP contribution in [0.1, 0.15) is 35.8 Å². The molecule has 0 fully saturated rings. The number of methoxy groups -OCH3 is 1. The zero-order valence-corrected chi connectivity index (χ0v) is 14.9. The van der Waals surface area contributed by atoms with Gasteiger partial charge in [0.15, 0.2) is 17.8 Å². The monoisotopic (exact) mass is 352 g/mol. The second-order valence-electron chi connectivity index (χ2n) is 5.93. The van der Waals surface area contributed by atoms with Crippen LogP contribution in [0.5, 0.6) is 11.5 Å². The highest BCUT2D eigenvalue weighted by atomic mass is 16.5. The van der Waals surface area contributed by atoms with E-state index in [4.69, 9.17) is 9.47 Å². The van der Waals surface area contributed by atoms with Crippen LogP contribution in [0.2, 0.25) is 0 Å². The van der Waals surface area contributed by atoms with Gasteiger partial charge >= 0.3 is 0 Å². The molecule has 3 heterocycles. The third-order valence-electron chi connectivity index (χ3n) is 3.93. The molecule has 3 aromatic heterocycles. The van der Waals surface area contributed by atoms with Gasteiger partial charge in [-0.3, -0.25) is 19.4 Å². The number of aldehydes is 1. The van der Waals surface area contributed by atoms with Crippen LogP contribution < -0.4 is 9.47 Å². The van der Waals surface area contributed by atoms with Gasteiger partial charge in [0.05, 0.1) is 30.9 Å². The zero-order valence-electron chi connectivity index (χ0n) is 14.9. The van der Waals surface area contributed by atoms with Crippen molar-refractivity contribution in [3.63, 3.8) is 0 Å². The van der Waals surface area contributed by atoms with Crippen LogP contribution in [0, 0.1) is 0 Å². The number of aromatic nitrogens is 4. The molecule has 7 nitrogen and oxygen atoms in total. The molecule has 0 aliphatic carbocycles. The van der Waals surface area contributed by atoms with Crippen LogP contribution in [0.4, 0.5) is 0 Å². The Labute approximate surface area is 151 Å². The smallest absolute Gasteiger partial charge is 0.157 e. The second kappa shape index (κ2) is 7.77. The predicted molar refractivity (Wildman–Crippen MR) is 96.4 cm³/mol. The highest BCUT2D eigenvalue weighted by Crippen LogP contribution is 2.28. The molecule has 134 valence electrons. The lowest BCUT2D eigenvalue weighted by Crippen LogP contribution is -2.08. The van der Waals surface area contributed by atoms with Crippen molar-refractivity contribution in [3.8, 4) is 22.9 Å². The van der Waals surface area contributed by atoms with Gasteiger partial charge in [-0.25, -0.2) is 0 Å². The van der Waals surface area contributed by atoms with Gasteiger partial charge in [0, 0.05) is 24.0 Å². The van der Waals surface area contributed by atoms with Crippen LogP contribution in [0.25, 0.3) is 11.4 Å². The SMILES string of the molecule is COc1cncc(OCc2cccnc2-c2ccnn2C(C)C)c1C=O. The van der Waals surface area contributed by atoms with E-state index in [1.807, 2.05) is 22.9 Å². The van der Waals surface area contributed by atoms with E-state index in [9.17, 15) is 4.79 Å². The lowest BCUT2D eigenvalue weighted by atomic mass is 10.1. The van der Waals surface area contributed by atoms with E-state index in [0.29, 0.717) is 23.3 Å². The number of rotatable bonds is 7. The highest BCUT2D eigenvalue weighted by Gasteiger charge is 2.15. The number of hydrogen-bond donors (Lipinski definition) is 0. The van der Waals surface area contributed by atoms with Gasteiger partial charge in [-0.2, -0.15) is 5.10 Å². The molecule has 0 radical (unpaired) electrons. The summed E-state index contributed by atoms with van der Waals surface area (Å²) in [5.74, 6) is 0.744. The molecule has 0 aliphatic heterocycles. The van der Waals surface area contributed by atoms with Crippen molar-refractivity contribution < 1.29 is 14.3 Å². The lowest BCUT2D eigenvalue weighted by Gasteiger charge is -2.15. The Morgan fingerprint density at radius 3 is 2.73 bits per heavy atom. The van der Waals surface area contributed by atoms with E-state index in [1.54, 1.807) is 12.4 Å². The molecule has 0 bridgehead atoms. The molecule has 0 spiro atoms. The molecule has 7 heteroatoms. The molecule has 0 unspecified atom stereocenters. The zero-order chi connectivity index (χ0) is 18.5. The van der Waals surface area contributed by atoms with Crippen LogP contribution >= 0.6 is 0 Å². The summed E-state index contributed by atoms with van der Waals surface area (Å²) < 4.78 is 12.9. The summed E-state index contributed by atoms with van der Waals surface area (Å²) in [6, 6.07) is 5.92. The fourth-order valence-corrected chi connectivity index (χ4v) is 2.68. The van der Waals surface area contributed by atoms with Crippen LogP contribution in [-0.4, -0.2) is 33.1 Å². The van der Waals surface area contributed by atoms with Gasteiger partial charge in [-0.1, -0.05) is 6.07 Å². The molecule has 26 heavy (non-hydrogen) atoms. The number of carbonyl (C=O) groups excluding carboxylic acids is 1. The first-order valence-electron chi connectivity index (χ1n) is 8.23. The fraction of sp³-hybridized carbons (Fsp3) is 0.263. The van der Waals surface area contributed by atoms with Crippen molar-refractivity contribution in [2.24, 2.45) is 0 Å². The number of nitrogens with zero attached hydrogens (tertiary/aromatic N) is 4. The fourth-order valence-electron chi connectivity index (χ4n) is 2.68. The lowest BCUT2D eigenvalue weighted by molar-refractivity contribution is 0.111. The Morgan fingerprint density at radius 2 is 2.00 bits per heavy atom.